The van der Waals surface area contributed by atoms with Crippen molar-refractivity contribution in [1.29, 1.82) is 0 Å². The quantitative estimate of drug-likeness (QED) is 0.676. The van der Waals surface area contributed by atoms with Crippen LogP contribution in [0.5, 0.6) is 0 Å². The third kappa shape index (κ3) is 3.77. The fourth-order valence-electron chi connectivity index (χ4n) is 3.21. The molecule has 1 aromatic rings. The monoisotopic (exact) mass is 293 g/mol. The molecule has 1 aliphatic rings. The second-order valence-electron chi connectivity index (χ2n) is 6.61. The van der Waals surface area contributed by atoms with E-state index in [4.69, 9.17) is 11.6 Å². The average Bonchev–Trinajstić information content (AvgIpc) is 2.43. The van der Waals surface area contributed by atoms with Gasteiger partial charge in [0.1, 0.15) is 0 Å². The molecule has 0 aromatic heterocycles. The second kappa shape index (κ2) is 6.95. The first-order chi connectivity index (χ1) is 9.49. The minimum atomic E-state index is 0.0965. The van der Waals surface area contributed by atoms with E-state index in [9.17, 15) is 0 Å². The zero-order chi connectivity index (χ0) is 14.7. The van der Waals surface area contributed by atoms with Crippen LogP contribution in [0.4, 0.5) is 0 Å². The minimum absolute atomic E-state index is 0.0965. The molecule has 112 valence electrons. The molecule has 1 aromatic carbocycles. The topological polar surface area (TPSA) is 3.24 Å². The van der Waals surface area contributed by atoms with Crippen LogP contribution in [0.3, 0.4) is 0 Å². The van der Waals surface area contributed by atoms with E-state index < -0.39 is 0 Å². The van der Waals surface area contributed by atoms with Gasteiger partial charge >= 0.3 is 0 Å². The first-order valence-corrected chi connectivity index (χ1v) is 8.42. The van der Waals surface area contributed by atoms with Crippen molar-refractivity contribution in [2.24, 2.45) is 0 Å². The van der Waals surface area contributed by atoms with Crippen molar-refractivity contribution in [3.05, 3.63) is 35.4 Å². The van der Waals surface area contributed by atoms with E-state index in [0.717, 1.165) is 6.54 Å². The van der Waals surface area contributed by atoms with Crippen molar-refractivity contribution in [3.63, 3.8) is 0 Å². The molecule has 0 saturated carbocycles. The standard InChI is InChI=1S/C18H28ClN/c1-13(2)16-8-10-17(11-9-16)18(19)12-20-14(3)6-5-7-15(20)4/h8-11,13-15,18H,5-7,12H2,1-4H3. The molecule has 3 atom stereocenters. The van der Waals surface area contributed by atoms with E-state index in [-0.39, 0.29) is 5.38 Å². The molecule has 0 spiro atoms. The summed E-state index contributed by atoms with van der Waals surface area (Å²) in [4.78, 5) is 2.58. The normalized spacial score (nSPS) is 25.9. The first-order valence-electron chi connectivity index (χ1n) is 7.98. The lowest BCUT2D eigenvalue weighted by atomic mass is 9.96. The van der Waals surface area contributed by atoms with Gasteiger partial charge < -0.3 is 0 Å². The number of nitrogens with zero attached hydrogens (tertiary/aromatic N) is 1. The van der Waals surface area contributed by atoms with Gasteiger partial charge in [-0.2, -0.15) is 0 Å². The van der Waals surface area contributed by atoms with Gasteiger partial charge in [0, 0.05) is 18.6 Å². The number of hydrogen-bond acceptors (Lipinski definition) is 1. The highest BCUT2D eigenvalue weighted by molar-refractivity contribution is 6.21. The predicted molar refractivity (Wildman–Crippen MR) is 88.6 cm³/mol. The van der Waals surface area contributed by atoms with Crippen molar-refractivity contribution in [3.8, 4) is 0 Å². The number of hydrogen-bond donors (Lipinski definition) is 0. The summed E-state index contributed by atoms with van der Waals surface area (Å²) in [6.07, 6.45) is 3.97. The van der Waals surface area contributed by atoms with E-state index in [0.29, 0.717) is 18.0 Å². The Bertz CT molecular complexity index is 402. The van der Waals surface area contributed by atoms with Gasteiger partial charge in [-0.05, 0) is 43.7 Å². The molecule has 2 rings (SSSR count). The van der Waals surface area contributed by atoms with E-state index >= 15 is 0 Å². The van der Waals surface area contributed by atoms with Crippen molar-refractivity contribution in [1.82, 2.24) is 4.90 Å². The molecule has 0 radical (unpaired) electrons. The van der Waals surface area contributed by atoms with Crippen LogP contribution in [0.15, 0.2) is 24.3 Å². The number of benzene rings is 1. The molecule has 3 unspecified atom stereocenters. The summed E-state index contributed by atoms with van der Waals surface area (Å²) >= 11 is 6.66. The van der Waals surface area contributed by atoms with Crippen LogP contribution in [-0.4, -0.2) is 23.5 Å². The Kier molecular flexibility index (Phi) is 5.51. The van der Waals surface area contributed by atoms with Gasteiger partial charge in [0.15, 0.2) is 0 Å². The SMILES string of the molecule is CC(C)c1ccc(C(Cl)CN2C(C)CCCC2C)cc1. The maximum absolute atomic E-state index is 6.66. The number of alkyl halides is 1. The largest absolute Gasteiger partial charge is 0.296 e. The van der Waals surface area contributed by atoms with Crippen LogP contribution in [-0.2, 0) is 0 Å². The van der Waals surface area contributed by atoms with Crippen LogP contribution in [0, 0.1) is 0 Å². The van der Waals surface area contributed by atoms with Crippen molar-refractivity contribution < 1.29 is 0 Å². The summed E-state index contributed by atoms with van der Waals surface area (Å²) in [6.45, 7) is 10.1. The molecule has 1 nitrogen and oxygen atoms in total. The minimum Gasteiger partial charge on any atom is -0.296 e. The fraction of sp³-hybridized carbons (Fsp3) is 0.667. The Morgan fingerprint density at radius 1 is 1.05 bits per heavy atom. The lowest BCUT2D eigenvalue weighted by molar-refractivity contribution is 0.103. The molecule has 0 N–H and O–H groups in total. The van der Waals surface area contributed by atoms with Gasteiger partial charge in [0.05, 0.1) is 5.38 Å². The van der Waals surface area contributed by atoms with E-state index in [1.54, 1.807) is 0 Å². The van der Waals surface area contributed by atoms with Crippen LogP contribution < -0.4 is 0 Å². The zero-order valence-corrected chi connectivity index (χ0v) is 14.0. The van der Waals surface area contributed by atoms with E-state index in [2.05, 4.69) is 56.9 Å². The Balaban J connectivity index is 2.01. The van der Waals surface area contributed by atoms with Gasteiger partial charge in [-0.3, -0.25) is 4.90 Å². The number of rotatable bonds is 4. The summed E-state index contributed by atoms with van der Waals surface area (Å²) in [6, 6.07) is 10.2. The Morgan fingerprint density at radius 3 is 2.05 bits per heavy atom. The number of halogens is 1. The fourth-order valence-corrected chi connectivity index (χ4v) is 3.52. The maximum atomic E-state index is 6.66. The Hall–Kier alpha value is -0.530. The third-order valence-corrected chi connectivity index (χ3v) is 5.10. The van der Waals surface area contributed by atoms with Gasteiger partial charge in [-0.1, -0.05) is 44.5 Å². The predicted octanol–water partition coefficient (Wildman–Crippen LogP) is 5.35. The smallest absolute Gasteiger partial charge is 0.0712 e. The molecule has 2 heteroatoms. The second-order valence-corrected chi connectivity index (χ2v) is 7.14. The van der Waals surface area contributed by atoms with Gasteiger partial charge in [-0.15, -0.1) is 11.6 Å². The Labute approximate surface area is 129 Å². The number of likely N-dealkylation sites (tertiary alicyclic amines) is 1. The molecule has 1 aliphatic heterocycles. The molecule has 1 saturated heterocycles. The van der Waals surface area contributed by atoms with Gasteiger partial charge in [0.25, 0.3) is 0 Å². The highest BCUT2D eigenvalue weighted by Gasteiger charge is 2.26. The van der Waals surface area contributed by atoms with Crippen LogP contribution in [0.2, 0.25) is 0 Å². The van der Waals surface area contributed by atoms with Crippen LogP contribution in [0.1, 0.15) is 69.4 Å². The summed E-state index contributed by atoms with van der Waals surface area (Å²) in [5.74, 6) is 0.583. The summed E-state index contributed by atoms with van der Waals surface area (Å²) < 4.78 is 0. The first kappa shape index (κ1) is 15.9. The highest BCUT2D eigenvalue weighted by atomic mass is 35.5. The lowest BCUT2D eigenvalue weighted by Gasteiger charge is -2.40. The highest BCUT2D eigenvalue weighted by Crippen LogP contribution is 2.29. The lowest BCUT2D eigenvalue weighted by Crippen LogP contribution is -2.45. The molecule has 0 amide bonds. The average molecular weight is 294 g/mol. The van der Waals surface area contributed by atoms with E-state index in [1.165, 1.54) is 30.4 Å². The summed E-state index contributed by atoms with van der Waals surface area (Å²) in [7, 11) is 0. The summed E-state index contributed by atoms with van der Waals surface area (Å²) in [5, 5.41) is 0.0965. The zero-order valence-electron chi connectivity index (χ0n) is 13.3. The number of piperidine rings is 1. The Morgan fingerprint density at radius 2 is 1.55 bits per heavy atom. The van der Waals surface area contributed by atoms with Crippen molar-refractivity contribution in [2.45, 2.75) is 70.3 Å². The van der Waals surface area contributed by atoms with E-state index in [1.807, 2.05) is 0 Å². The summed E-state index contributed by atoms with van der Waals surface area (Å²) in [5.41, 5.74) is 2.64. The molecule has 20 heavy (non-hydrogen) atoms. The van der Waals surface area contributed by atoms with Gasteiger partial charge in [-0.25, -0.2) is 0 Å². The molecule has 1 fully saturated rings. The van der Waals surface area contributed by atoms with Crippen LogP contribution in [0.25, 0.3) is 0 Å². The molecular formula is C18H28ClN. The molecule has 0 bridgehead atoms. The van der Waals surface area contributed by atoms with Gasteiger partial charge in [0.2, 0.25) is 0 Å². The molecular weight excluding hydrogens is 266 g/mol. The molecule has 1 heterocycles. The van der Waals surface area contributed by atoms with Crippen molar-refractivity contribution >= 4 is 11.6 Å². The van der Waals surface area contributed by atoms with Crippen molar-refractivity contribution in [2.75, 3.05) is 6.54 Å². The maximum Gasteiger partial charge on any atom is 0.0712 e. The van der Waals surface area contributed by atoms with Crippen LogP contribution >= 0.6 is 11.6 Å². The molecule has 0 aliphatic carbocycles. The third-order valence-electron chi connectivity index (χ3n) is 4.71.